The number of thiophene rings is 1. The van der Waals surface area contributed by atoms with Crippen molar-refractivity contribution in [1.82, 2.24) is 0 Å². The van der Waals surface area contributed by atoms with Crippen LogP contribution in [0.15, 0.2) is 54.6 Å². The van der Waals surface area contributed by atoms with Gasteiger partial charge in [-0.2, -0.15) is 5.26 Å². The van der Waals surface area contributed by atoms with Crippen molar-refractivity contribution in [1.29, 1.82) is 5.26 Å². The Hall–Kier alpha value is -4.07. The quantitative estimate of drug-likeness (QED) is 0.295. The molecule has 0 N–H and O–H groups in total. The van der Waals surface area contributed by atoms with E-state index in [-0.39, 0.29) is 5.69 Å². The number of imide groups is 1. The number of non-ortho nitro benzene ring substituents is 1. The highest BCUT2D eigenvalue weighted by Crippen LogP contribution is 2.50. The Kier molecular flexibility index (Phi) is 5.32. The van der Waals surface area contributed by atoms with Gasteiger partial charge in [-0.25, -0.2) is 9.96 Å². The van der Waals surface area contributed by atoms with Gasteiger partial charge < -0.3 is 0 Å². The maximum atomic E-state index is 13.9. The standard InChI is InChI=1S/C26H20N4O5S/c27-14-19-18-11-4-5-12-20(18)36-26(19)28-24(31)21-22(15-7-6-10-17(13-15)30(33)34)29(35-23(21)25(28)32)16-8-2-1-3-9-16/h1-3,6-10,13,21-23H,4-5,11-12H2/t21-,22+,23+/m0/s1. The molecule has 2 amide bonds. The molecule has 2 saturated heterocycles. The number of rotatable bonds is 4. The molecule has 1 aromatic heterocycles. The van der Waals surface area contributed by atoms with Gasteiger partial charge in [-0.05, 0) is 48.9 Å². The van der Waals surface area contributed by atoms with Crippen LogP contribution in [0.3, 0.4) is 0 Å². The molecule has 36 heavy (non-hydrogen) atoms. The predicted octanol–water partition coefficient (Wildman–Crippen LogP) is 4.46. The summed E-state index contributed by atoms with van der Waals surface area (Å²) >= 11 is 1.33. The molecular formula is C26H20N4O5S. The average molecular weight is 501 g/mol. The third-order valence-electron chi connectivity index (χ3n) is 7.02. The number of benzene rings is 2. The van der Waals surface area contributed by atoms with Crippen molar-refractivity contribution in [2.24, 2.45) is 5.92 Å². The van der Waals surface area contributed by atoms with E-state index in [1.165, 1.54) is 28.5 Å². The summed E-state index contributed by atoms with van der Waals surface area (Å²) < 4.78 is 0. The number of fused-ring (bicyclic) bond motifs is 2. The van der Waals surface area contributed by atoms with E-state index in [1.807, 2.05) is 18.2 Å². The predicted molar refractivity (Wildman–Crippen MR) is 131 cm³/mol. The molecule has 0 bridgehead atoms. The zero-order valence-electron chi connectivity index (χ0n) is 19.0. The van der Waals surface area contributed by atoms with Crippen LogP contribution in [-0.4, -0.2) is 22.8 Å². The third-order valence-corrected chi connectivity index (χ3v) is 8.29. The van der Waals surface area contributed by atoms with Crippen LogP contribution in [0.1, 0.15) is 40.5 Å². The van der Waals surface area contributed by atoms with Gasteiger partial charge in [0.15, 0.2) is 6.10 Å². The molecule has 3 heterocycles. The van der Waals surface area contributed by atoms with E-state index >= 15 is 0 Å². The molecular weight excluding hydrogens is 480 g/mol. The zero-order valence-corrected chi connectivity index (χ0v) is 19.8. The third kappa shape index (κ3) is 3.31. The minimum Gasteiger partial charge on any atom is -0.273 e. The van der Waals surface area contributed by atoms with Crippen LogP contribution in [0, 0.1) is 27.4 Å². The minimum absolute atomic E-state index is 0.115. The fraction of sp³-hybridized carbons (Fsp3) is 0.269. The van der Waals surface area contributed by atoms with E-state index in [4.69, 9.17) is 4.84 Å². The van der Waals surface area contributed by atoms with E-state index in [0.29, 0.717) is 21.8 Å². The van der Waals surface area contributed by atoms with Crippen molar-refractivity contribution in [3.05, 3.63) is 86.3 Å². The summed E-state index contributed by atoms with van der Waals surface area (Å²) in [6, 6.07) is 16.5. The Morgan fingerprint density at radius 2 is 1.83 bits per heavy atom. The number of carbonyl (C=O) groups excluding carboxylic acids is 2. The van der Waals surface area contributed by atoms with Gasteiger partial charge in [-0.3, -0.25) is 24.5 Å². The van der Waals surface area contributed by atoms with Crippen molar-refractivity contribution in [2.75, 3.05) is 9.96 Å². The zero-order chi connectivity index (χ0) is 25.0. The highest BCUT2D eigenvalue weighted by Gasteiger charge is 2.61. The Balaban J connectivity index is 1.45. The second-order valence-corrected chi connectivity index (χ2v) is 10.1. The van der Waals surface area contributed by atoms with Crippen LogP contribution in [0.25, 0.3) is 0 Å². The molecule has 6 rings (SSSR count). The Bertz CT molecular complexity index is 1450. The number of hydrogen-bond donors (Lipinski definition) is 0. The summed E-state index contributed by atoms with van der Waals surface area (Å²) in [5, 5.41) is 23.2. The van der Waals surface area contributed by atoms with E-state index in [9.17, 15) is 25.0 Å². The van der Waals surface area contributed by atoms with Crippen molar-refractivity contribution >= 4 is 39.5 Å². The van der Waals surface area contributed by atoms with Gasteiger partial charge in [0.2, 0.25) is 5.91 Å². The van der Waals surface area contributed by atoms with Crippen molar-refractivity contribution < 1.29 is 19.3 Å². The monoisotopic (exact) mass is 500 g/mol. The van der Waals surface area contributed by atoms with Crippen molar-refractivity contribution in [2.45, 2.75) is 37.8 Å². The molecule has 0 unspecified atom stereocenters. The molecule has 3 atom stereocenters. The Labute approximate surface area is 210 Å². The molecule has 1 aliphatic carbocycles. The molecule has 2 aromatic carbocycles. The second kappa shape index (κ2) is 8.55. The number of aryl methyl sites for hydroxylation is 1. The lowest BCUT2D eigenvalue weighted by Crippen LogP contribution is -2.37. The van der Waals surface area contributed by atoms with Gasteiger partial charge in [0, 0.05) is 17.0 Å². The molecule has 0 radical (unpaired) electrons. The second-order valence-electron chi connectivity index (χ2n) is 9.02. The molecule has 3 aliphatic rings. The van der Waals surface area contributed by atoms with Gasteiger partial charge >= 0.3 is 0 Å². The van der Waals surface area contributed by atoms with Crippen LogP contribution in [0.4, 0.5) is 16.4 Å². The number of hydroxylamine groups is 1. The minimum atomic E-state index is -1.10. The van der Waals surface area contributed by atoms with E-state index in [1.54, 1.807) is 24.3 Å². The lowest BCUT2D eigenvalue weighted by Gasteiger charge is -2.28. The SMILES string of the molecule is N#Cc1c(N2C(=O)[C@H]3[C@@H](c4cccc([N+](=O)[O-])c4)N(c4ccccc4)O[C@H]3C2=O)sc2c1CCCC2. The number of amides is 2. The first kappa shape index (κ1) is 22.4. The van der Waals surface area contributed by atoms with E-state index in [2.05, 4.69) is 6.07 Å². The normalized spacial score (nSPS) is 22.9. The van der Waals surface area contributed by atoms with Crippen molar-refractivity contribution in [3.63, 3.8) is 0 Å². The van der Waals surface area contributed by atoms with E-state index < -0.39 is 34.8 Å². The molecule has 9 nitrogen and oxygen atoms in total. The highest BCUT2D eigenvalue weighted by molar-refractivity contribution is 7.17. The molecule has 10 heteroatoms. The number of nitro benzene ring substituents is 1. The molecule has 2 fully saturated rings. The Morgan fingerprint density at radius 3 is 2.58 bits per heavy atom. The average Bonchev–Trinajstić information content (AvgIpc) is 3.54. The smallest absolute Gasteiger partial charge is 0.269 e. The lowest BCUT2D eigenvalue weighted by molar-refractivity contribution is -0.384. The number of carbonyl (C=O) groups is 2. The number of para-hydroxylation sites is 1. The van der Waals surface area contributed by atoms with Gasteiger partial charge in [-0.1, -0.05) is 30.3 Å². The summed E-state index contributed by atoms with van der Waals surface area (Å²) in [6.45, 7) is 0. The highest BCUT2D eigenvalue weighted by atomic mass is 32.1. The van der Waals surface area contributed by atoms with Crippen LogP contribution in [0.5, 0.6) is 0 Å². The number of nitro groups is 1. The fourth-order valence-electron chi connectivity index (χ4n) is 5.40. The van der Waals surface area contributed by atoms with Gasteiger partial charge in [0.25, 0.3) is 11.6 Å². The molecule has 2 aliphatic heterocycles. The largest absolute Gasteiger partial charge is 0.273 e. The Morgan fingerprint density at radius 1 is 1.06 bits per heavy atom. The van der Waals surface area contributed by atoms with Crippen LogP contribution < -0.4 is 9.96 Å². The summed E-state index contributed by atoms with van der Waals surface area (Å²) in [6.07, 6.45) is 2.45. The van der Waals surface area contributed by atoms with Crippen LogP contribution >= 0.6 is 11.3 Å². The lowest BCUT2D eigenvalue weighted by atomic mass is 9.90. The number of hydrogen-bond acceptors (Lipinski definition) is 8. The first-order valence-electron chi connectivity index (χ1n) is 11.7. The first-order valence-corrected chi connectivity index (χ1v) is 12.5. The maximum Gasteiger partial charge on any atom is 0.269 e. The molecule has 180 valence electrons. The number of nitrogens with zero attached hydrogens (tertiary/aromatic N) is 4. The molecule has 0 spiro atoms. The van der Waals surface area contributed by atoms with Gasteiger partial charge in [0.05, 0.1) is 22.2 Å². The van der Waals surface area contributed by atoms with Crippen LogP contribution in [0.2, 0.25) is 0 Å². The van der Waals surface area contributed by atoms with Gasteiger partial charge in [-0.15, -0.1) is 11.3 Å². The topological polar surface area (TPSA) is 117 Å². The molecule has 0 saturated carbocycles. The summed E-state index contributed by atoms with van der Waals surface area (Å²) in [5.74, 6) is -1.91. The number of anilines is 2. The fourth-order valence-corrected chi connectivity index (χ4v) is 6.75. The summed E-state index contributed by atoms with van der Waals surface area (Å²) in [7, 11) is 0. The maximum absolute atomic E-state index is 13.9. The molecule has 3 aromatic rings. The van der Waals surface area contributed by atoms with Crippen molar-refractivity contribution in [3.8, 4) is 6.07 Å². The first-order chi connectivity index (χ1) is 17.5. The summed E-state index contributed by atoms with van der Waals surface area (Å²) in [4.78, 5) is 46.8. The number of nitriles is 1. The van der Waals surface area contributed by atoms with E-state index in [0.717, 1.165) is 41.0 Å². The van der Waals surface area contributed by atoms with Gasteiger partial charge in [0.1, 0.15) is 17.0 Å². The summed E-state index contributed by atoms with van der Waals surface area (Å²) in [5.41, 5.74) is 2.33. The van der Waals surface area contributed by atoms with Crippen LogP contribution in [-0.2, 0) is 27.3 Å².